The number of hydrogen-bond donors (Lipinski definition) is 2. The maximum atomic E-state index is 12.4. The number of methoxy groups -OCH3 is 1. The lowest BCUT2D eigenvalue weighted by atomic mass is 10.1. The molecule has 168 valence electrons. The summed E-state index contributed by atoms with van der Waals surface area (Å²) in [6.45, 7) is 0. The van der Waals surface area contributed by atoms with Crippen molar-refractivity contribution in [3.05, 3.63) is 72.6 Å². The van der Waals surface area contributed by atoms with Crippen LogP contribution in [0.3, 0.4) is 0 Å². The SMILES string of the molecule is COc1ccc(NC(=O)Cc2nnc(SCC(=O)Nc3ccc4ccccc4c3)n2C)cc1. The largest absolute Gasteiger partial charge is 0.497 e. The van der Waals surface area contributed by atoms with E-state index in [1.807, 2.05) is 42.5 Å². The van der Waals surface area contributed by atoms with E-state index < -0.39 is 0 Å². The topological polar surface area (TPSA) is 98.1 Å². The van der Waals surface area contributed by atoms with Gasteiger partial charge in [-0.15, -0.1) is 10.2 Å². The summed E-state index contributed by atoms with van der Waals surface area (Å²) in [6.07, 6.45) is 0.0688. The first-order valence-corrected chi connectivity index (χ1v) is 11.2. The van der Waals surface area contributed by atoms with E-state index in [4.69, 9.17) is 4.74 Å². The van der Waals surface area contributed by atoms with Crippen LogP contribution in [0.4, 0.5) is 11.4 Å². The molecule has 0 unspecified atom stereocenters. The van der Waals surface area contributed by atoms with E-state index in [0.29, 0.717) is 22.4 Å². The predicted octanol–water partition coefficient (Wildman–Crippen LogP) is 3.89. The average Bonchev–Trinajstić information content (AvgIpc) is 3.17. The monoisotopic (exact) mass is 461 g/mol. The zero-order valence-electron chi connectivity index (χ0n) is 18.2. The van der Waals surface area contributed by atoms with Crippen LogP contribution in [0.5, 0.6) is 5.75 Å². The molecule has 8 nitrogen and oxygen atoms in total. The van der Waals surface area contributed by atoms with Gasteiger partial charge in [0.05, 0.1) is 19.3 Å². The van der Waals surface area contributed by atoms with Crippen molar-refractivity contribution < 1.29 is 14.3 Å². The first kappa shape index (κ1) is 22.3. The van der Waals surface area contributed by atoms with E-state index in [0.717, 1.165) is 16.5 Å². The van der Waals surface area contributed by atoms with Crippen LogP contribution in [0.25, 0.3) is 10.8 Å². The Bertz CT molecular complexity index is 1290. The molecule has 0 radical (unpaired) electrons. The summed E-state index contributed by atoms with van der Waals surface area (Å²) in [5.74, 6) is 1.06. The highest BCUT2D eigenvalue weighted by Gasteiger charge is 2.15. The van der Waals surface area contributed by atoms with Crippen molar-refractivity contribution in [2.24, 2.45) is 7.05 Å². The van der Waals surface area contributed by atoms with Gasteiger partial charge in [-0.1, -0.05) is 42.1 Å². The molecule has 0 aliphatic heterocycles. The van der Waals surface area contributed by atoms with Crippen LogP contribution >= 0.6 is 11.8 Å². The molecule has 2 N–H and O–H groups in total. The van der Waals surface area contributed by atoms with Crippen LogP contribution in [0.15, 0.2) is 71.9 Å². The zero-order valence-corrected chi connectivity index (χ0v) is 19.1. The number of carbonyl (C=O) groups excluding carboxylic acids is 2. The van der Waals surface area contributed by atoms with Crippen LogP contribution < -0.4 is 15.4 Å². The third-order valence-corrected chi connectivity index (χ3v) is 6.00. The fourth-order valence-electron chi connectivity index (χ4n) is 3.24. The fraction of sp³-hybridized carbons (Fsp3) is 0.167. The van der Waals surface area contributed by atoms with Gasteiger partial charge in [0, 0.05) is 18.4 Å². The highest BCUT2D eigenvalue weighted by molar-refractivity contribution is 7.99. The van der Waals surface area contributed by atoms with Crippen LogP contribution in [0, 0.1) is 0 Å². The molecule has 1 aromatic heterocycles. The van der Waals surface area contributed by atoms with Gasteiger partial charge < -0.3 is 19.9 Å². The number of thioether (sulfide) groups is 1. The Balaban J connectivity index is 1.30. The summed E-state index contributed by atoms with van der Waals surface area (Å²) in [5.41, 5.74) is 1.41. The average molecular weight is 462 g/mol. The van der Waals surface area contributed by atoms with E-state index in [1.54, 1.807) is 43.0 Å². The molecule has 4 rings (SSSR count). The summed E-state index contributed by atoms with van der Waals surface area (Å²) < 4.78 is 6.84. The first-order valence-electron chi connectivity index (χ1n) is 10.3. The molecule has 0 bridgehead atoms. The number of ether oxygens (including phenoxy) is 1. The summed E-state index contributed by atoms with van der Waals surface area (Å²) in [5, 5.41) is 16.7. The van der Waals surface area contributed by atoms with Gasteiger partial charge in [-0.05, 0) is 47.2 Å². The van der Waals surface area contributed by atoms with Crippen LogP contribution in [0.1, 0.15) is 5.82 Å². The third kappa shape index (κ3) is 5.69. The molecule has 4 aromatic rings. The number of amides is 2. The summed E-state index contributed by atoms with van der Waals surface area (Å²) >= 11 is 1.27. The quantitative estimate of drug-likeness (QED) is 0.387. The maximum Gasteiger partial charge on any atom is 0.234 e. The van der Waals surface area contributed by atoms with Crippen LogP contribution in [-0.4, -0.2) is 39.4 Å². The van der Waals surface area contributed by atoms with Gasteiger partial charge in [0.2, 0.25) is 11.8 Å². The Morgan fingerprint density at radius 3 is 2.36 bits per heavy atom. The first-order chi connectivity index (χ1) is 16.0. The normalized spacial score (nSPS) is 10.7. The molecule has 0 atom stereocenters. The summed E-state index contributed by atoms with van der Waals surface area (Å²) in [4.78, 5) is 24.8. The number of rotatable bonds is 8. The van der Waals surface area contributed by atoms with Gasteiger partial charge in [0.1, 0.15) is 11.6 Å². The number of hydrogen-bond acceptors (Lipinski definition) is 6. The van der Waals surface area contributed by atoms with Crippen molar-refractivity contribution in [2.45, 2.75) is 11.6 Å². The lowest BCUT2D eigenvalue weighted by Crippen LogP contribution is -2.17. The highest BCUT2D eigenvalue weighted by atomic mass is 32.2. The fourth-order valence-corrected chi connectivity index (χ4v) is 3.97. The Labute approximate surface area is 195 Å². The molecule has 1 heterocycles. The minimum absolute atomic E-state index is 0.0688. The van der Waals surface area contributed by atoms with Gasteiger partial charge >= 0.3 is 0 Å². The molecular weight excluding hydrogens is 438 g/mol. The van der Waals surface area contributed by atoms with E-state index in [9.17, 15) is 9.59 Å². The van der Waals surface area contributed by atoms with Crippen molar-refractivity contribution in [2.75, 3.05) is 23.5 Å². The molecule has 33 heavy (non-hydrogen) atoms. The van der Waals surface area contributed by atoms with Crippen molar-refractivity contribution in [3.8, 4) is 5.75 Å². The molecule has 2 amide bonds. The number of nitrogens with one attached hydrogen (secondary N) is 2. The lowest BCUT2D eigenvalue weighted by Gasteiger charge is -2.07. The van der Waals surface area contributed by atoms with Crippen molar-refractivity contribution in [1.82, 2.24) is 14.8 Å². The lowest BCUT2D eigenvalue weighted by molar-refractivity contribution is -0.116. The van der Waals surface area contributed by atoms with Gasteiger partial charge in [-0.3, -0.25) is 9.59 Å². The molecule has 0 fully saturated rings. The van der Waals surface area contributed by atoms with Gasteiger partial charge in [0.15, 0.2) is 5.16 Å². The number of anilines is 2. The zero-order chi connectivity index (χ0) is 23.2. The maximum absolute atomic E-state index is 12.4. The molecule has 0 saturated heterocycles. The molecule has 0 aliphatic rings. The standard InChI is InChI=1S/C24H23N5O3S/c1-29-21(14-22(30)25-18-9-11-20(32-2)12-10-18)27-28-24(29)33-15-23(31)26-19-8-7-16-5-3-4-6-17(16)13-19/h3-13H,14-15H2,1-2H3,(H,25,30)(H,26,31). The molecule has 0 aliphatic carbocycles. The molecule has 0 spiro atoms. The van der Waals surface area contributed by atoms with Crippen LogP contribution in [0.2, 0.25) is 0 Å². The molecule has 3 aromatic carbocycles. The number of aromatic nitrogens is 3. The number of benzene rings is 3. The van der Waals surface area contributed by atoms with Crippen molar-refractivity contribution >= 4 is 45.7 Å². The van der Waals surface area contributed by atoms with Crippen molar-refractivity contribution in [1.29, 1.82) is 0 Å². The number of carbonyl (C=O) groups is 2. The van der Waals surface area contributed by atoms with Gasteiger partial charge in [0.25, 0.3) is 0 Å². The highest BCUT2D eigenvalue weighted by Crippen LogP contribution is 2.21. The second-order valence-corrected chi connectivity index (χ2v) is 8.25. The Morgan fingerprint density at radius 1 is 0.909 bits per heavy atom. The molecule has 9 heteroatoms. The smallest absolute Gasteiger partial charge is 0.234 e. The third-order valence-electron chi connectivity index (χ3n) is 4.98. The van der Waals surface area contributed by atoms with Gasteiger partial charge in [-0.25, -0.2) is 0 Å². The Hall–Kier alpha value is -3.85. The minimum Gasteiger partial charge on any atom is -0.497 e. The summed E-state index contributed by atoms with van der Waals surface area (Å²) in [7, 11) is 3.36. The van der Waals surface area contributed by atoms with E-state index >= 15 is 0 Å². The number of nitrogens with zero attached hydrogens (tertiary/aromatic N) is 3. The Morgan fingerprint density at radius 2 is 1.61 bits per heavy atom. The number of fused-ring (bicyclic) bond motifs is 1. The molecule has 0 saturated carbocycles. The predicted molar refractivity (Wildman–Crippen MR) is 130 cm³/mol. The van der Waals surface area contributed by atoms with Crippen molar-refractivity contribution in [3.63, 3.8) is 0 Å². The van der Waals surface area contributed by atoms with Gasteiger partial charge in [-0.2, -0.15) is 0 Å². The molecular formula is C24H23N5O3S. The second-order valence-electron chi connectivity index (χ2n) is 7.31. The second kappa shape index (κ2) is 10.2. The Kier molecular flexibility index (Phi) is 6.89. The minimum atomic E-state index is -0.207. The van der Waals surface area contributed by atoms with E-state index in [-0.39, 0.29) is 24.0 Å². The van der Waals surface area contributed by atoms with E-state index in [1.165, 1.54) is 11.8 Å². The summed E-state index contributed by atoms with van der Waals surface area (Å²) in [6, 6.07) is 20.9. The van der Waals surface area contributed by atoms with E-state index in [2.05, 4.69) is 20.8 Å². The van der Waals surface area contributed by atoms with Crippen LogP contribution in [-0.2, 0) is 23.1 Å².